The van der Waals surface area contributed by atoms with Gasteiger partial charge in [-0.15, -0.1) is 13.5 Å². The first-order chi connectivity index (χ1) is 64.5. The van der Waals surface area contributed by atoms with Crippen LogP contribution in [0.15, 0.2) is 125 Å². The number of carbonyl (C=O) groups excluding carboxylic acids is 12. The first-order valence-corrected chi connectivity index (χ1v) is 48.4. The Kier molecular flexibility index (Phi) is 35.9. The zero-order chi connectivity index (χ0) is 98.8. The van der Waals surface area contributed by atoms with Crippen LogP contribution in [-0.2, 0) is 110 Å². The van der Waals surface area contributed by atoms with Crippen molar-refractivity contribution in [3.63, 3.8) is 0 Å². The smallest absolute Gasteiger partial charge is 0.501 e. The van der Waals surface area contributed by atoms with Gasteiger partial charge in [-0.2, -0.15) is 0 Å². The number of benzene rings is 5. The van der Waals surface area contributed by atoms with Crippen LogP contribution >= 0.6 is 0 Å². The first-order valence-electron chi connectivity index (χ1n) is 44.1. The average Bonchev–Trinajstić information content (AvgIpc) is 1.65. The molecule has 5 aromatic carbocycles. The van der Waals surface area contributed by atoms with Gasteiger partial charge in [0.25, 0.3) is 5.91 Å². The maximum absolute atomic E-state index is 15.3. The molecule has 736 valence electrons. The predicted molar refractivity (Wildman–Crippen MR) is 481 cm³/mol. The highest BCUT2D eigenvalue weighted by Crippen LogP contribution is 2.37. The maximum Gasteiger partial charge on any atom is 0.501 e. The summed E-state index contributed by atoms with van der Waals surface area (Å²) in [6, 6.07) is 18.5. The number of aliphatic hydroxyl groups is 7. The van der Waals surface area contributed by atoms with Crippen molar-refractivity contribution < 1.29 is 146 Å². The molecule has 7 aromatic rings. The molecule has 16 N–H and O–H groups in total. The molecule has 2 aromatic heterocycles. The van der Waals surface area contributed by atoms with E-state index in [1.807, 2.05) is 6.92 Å². The monoisotopic (exact) mass is 1950 g/mol. The molecule has 2 fully saturated rings. The van der Waals surface area contributed by atoms with E-state index in [1.165, 1.54) is 96.5 Å². The molecule has 4 aliphatic heterocycles. The number of quaternary nitrogens is 1. The molecule has 6 heterocycles. The van der Waals surface area contributed by atoms with Gasteiger partial charge >= 0.3 is 10.4 Å². The Labute approximate surface area is 784 Å². The van der Waals surface area contributed by atoms with Gasteiger partial charge in [-0.05, 0) is 110 Å². The molecule has 2 unspecified atom stereocenters. The van der Waals surface area contributed by atoms with Crippen LogP contribution in [0.25, 0.3) is 10.9 Å². The van der Waals surface area contributed by atoms with Gasteiger partial charge < -0.3 is 115 Å². The van der Waals surface area contributed by atoms with E-state index in [4.69, 9.17) is 22.6 Å². The molecule has 8 amide bonds. The Morgan fingerprint density at radius 2 is 1.41 bits per heavy atom. The lowest BCUT2D eigenvalue weighted by molar-refractivity contribution is -0.902. The number of hydrogen-bond acceptors (Lipinski definition) is 32. The van der Waals surface area contributed by atoms with Crippen molar-refractivity contribution in [2.24, 2.45) is 23.7 Å². The van der Waals surface area contributed by atoms with Crippen LogP contribution in [0.5, 0.6) is 23.0 Å². The Balaban J connectivity index is 0.731. The minimum atomic E-state index is -5.20. The predicted octanol–water partition coefficient (Wildman–Crippen LogP) is -1.39. The number of aryl methyl sites for hydroxylation is 1. The van der Waals surface area contributed by atoms with Crippen LogP contribution in [0.4, 0.5) is 0 Å². The summed E-state index contributed by atoms with van der Waals surface area (Å²) in [4.78, 5) is 175. The van der Waals surface area contributed by atoms with Crippen LogP contribution < -0.4 is 50.3 Å². The number of ether oxygens (including phenoxy) is 3. The number of aromatic nitrogens is 4. The molecule has 0 saturated carbocycles. The van der Waals surface area contributed by atoms with Crippen molar-refractivity contribution in [1.82, 2.24) is 62.1 Å². The SMILES string of the molecule is CC[C@H](C)[C@@H]1NC(=O)CNC(=O)[C@H]2CC(=O)[C@H]([C@@H](C)[C@@H](O)CO)NC(=O)[C@@H]3C[C@@H](O)CN3C(=O)[C@H](CC(=O)NCC[N+](C)(C)Cc3ccc(OS(=O)(=O)Oc4cc(C(=O)CCCOCCn5cc(CNC(=O)c6ccc(C(=O)CCS(=O)(=O)c7ccc(C)cc7)cc6)nn5)ccc4OC4O[C@H](CO)[C@H](O)[C@H](O)[C@H]4O)cc3)CC(=O)[C@H](CS(=O)c3[nH]c4cc(O)ccc4c3C2)NC(=O)CNC1=O. The van der Waals surface area contributed by atoms with Gasteiger partial charge in [-0.25, -0.2) is 13.1 Å². The van der Waals surface area contributed by atoms with E-state index in [0.29, 0.717) is 17.7 Å². The number of phenolic OH excluding ortho intramolecular Hbond substituents is 1. The second-order valence-corrected chi connectivity index (χ2v) is 39.5. The van der Waals surface area contributed by atoms with Crippen LogP contribution in [0.2, 0.25) is 0 Å². The second-order valence-electron chi connectivity index (χ2n) is 34.8. The Hall–Kier alpha value is -11.9. The molecule has 136 heavy (non-hydrogen) atoms. The van der Waals surface area contributed by atoms with E-state index in [9.17, 15) is 101 Å². The summed E-state index contributed by atoms with van der Waals surface area (Å²) < 4.78 is 98.1. The lowest BCUT2D eigenvalue weighted by Crippen LogP contribution is -2.60. The Morgan fingerprint density at radius 3 is 2.11 bits per heavy atom. The fraction of sp³-hybridized carbons (Fsp3) is 0.489. The number of phenols is 1. The fourth-order valence-electron chi connectivity index (χ4n) is 16.0. The minimum absolute atomic E-state index is 0.0146. The van der Waals surface area contributed by atoms with Crippen molar-refractivity contribution in [2.75, 3.05) is 84.8 Å². The highest BCUT2D eigenvalue weighted by Gasteiger charge is 2.48. The zero-order valence-electron chi connectivity index (χ0n) is 75.4. The number of hydrogen-bond donors (Lipinski definition) is 16. The molecular formula is C90H114N13O30S3+. The third-order valence-corrected chi connectivity index (χ3v) is 28.0. The topological polar surface area (TPSA) is 632 Å². The summed E-state index contributed by atoms with van der Waals surface area (Å²) in [6.07, 6.45) is -14.0. The van der Waals surface area contributed by atoms with E-state index >= 15 is 18.6 Å². The number of nitrogens with zero attached hydrogens (tertiary/aromatic N) is 5. The van der Waals surface area contributed by atoms with Crippen LogP contribution in [0, 0.1) is 30.6 Å². The second kappa shape index (κ2) is 46.7. The van der Waals surface area contributed by atoms with E-state index < -0.39 is 274 Å². The largest absolute Gasteiger partial charge is 0.508 e. The van der Waals surface area contributed by atoms with Crippen molar-refractivity contribution in [3.8, 4) is 23.0 Å². The summed E-state index contributed by atoms with van der Waals surface area (Å²) in [6.45, 7) is 3.14. The number of aromatic amines is 1. The van der Waals surface area contributed by atoms with Crippen molar-refractivity contribution in [3.05, 3.63) is 154 Å². The van der Waals surface area contributed by atoms with Gasteiger partial charge in [0.1, 0.15) is 65.3 Å². The highest BCUT2D eigenvalue weighted by molar-refractivity contribution is 7.91. The Bertz CT molecular complexity index is 5780. The minimum Gasteiger partial charge on any atom is -0.508 e. The molecular weight excluding hydrogens is 1840 g/mol. The van der Waals surface area contributed by atoms with E-state index in [0.717, 1.165) is 22.6 Å². The summed E-state index contributed by atoms with van der Waals surface area (Å²) in [5.74, 6) is -18.1. The number of nitrogens with one attached hydrogen (secondary N) is 8. The number of likely N-dealkylation sites (N-methyl/N-ethyl adjacent to an activating group) is 1. The number of H-pyrrole nitrogens is 1. The molecule has 0 aliphatic carbocycles. The van der Waals surface area contributed by atoms with Crippen molar-refractivity contribution in [1.29, 1.82) is 0 Å². The van der Waals surface area contributed by atoms with Gasteiger partial charge in [-0.3, -0.25) is 61.7 Å². The molecule has 46 heteroatoms. The number of aliphatic hydroxyl groups excluding tert-OH is 7. The maximum atomic E-state index is 15.3. The Morgan fingerprint density at radius 1 is 0.728 bits per heavy atom. The molecule has 0 radical (unpaired) electrons. The molecule has 2 saturated heterocycles. The number of rotatable bonds is 35. The number of sulfone groups is 1. The summed E-state index contributed by atoms with van der Waals surface area (Å²) in [5, 5.41) is 111. The van der Waals surface area contributed by atoms with Gasteiger partial charge in [0.2, 0.25) is 47.6 Å². The third kappa shape index (κ3) is 27.9. The highest BCUT2D eigenvalue weighted by atomic mass is 32.3. The summed E-state index contributed by atoms with van der Waals surface area (Å²) >= 11 is 0. The number of amides is 8. The third-order valence-electron chi connectivity index (χ3n) is 24.0. The lowest BCUT2D eigenvalue weighted by atomic mass is 9.85. The van der Waals surface area contributed by atoms with Gasteiger partial charge in [0.15, 0.2) is 44.5 Å². The molecule has 11 rings (SSSR count). The van der Waals surface area contributed by atoms with E-state index in [2.05, 4.69) is 52.5 Å². The normalized spacial score (nSPS) is 23.3. The van der Waals surface area contributed by atoms with Crippen molar-refractivity contribution in [2.45, 2.75) is 182 Å². The van der Waals surface area contributed by atoms with Gasteiger partial charge in [-0.1, -0.05) is 62.2 Å². The quantitative estimate of drug-likeness (QED) is 0.0123. The van der Waals surface area contributed by atoms with E-state index in [-0.39, 0.29) is 130 Å². The van der Waals surface area contributed by atoms with Crippen LogP contribution in [-0.4, -0.2) is 313 Å². The van der Waals surface area contributed by atoms with Gasteiger partial charge in [0.05, 0.1) is 142 Å². The van der Waals surface area contributed by atoms with Gasteiger partial charge in [0, 0.05) is 97.2 Å². The standard InChI is InChI=1S/C90H113N13O30S3/c1-7-50(3)79-87(122)94-41-77(114)95-66-48-134(124)88-64(63-24-19-59(106)38-65(63)96-88)33-56(85(120)93-42-78(115)97-79)34-71(111)80(51(4)72(112)46-104)98-86(121)67-39-60(107)44-102(67)89(123)57(35-70(66)110)37-76(113)91-27-29-103(5,6)45-52-12-20-61(21-13-52)132-136(127,128)133-74-36-55(18-25-73(74)130-90-83(118)82(117)81(116)75(47-105)131-90)68(108)9-8-30-129-31-28-101-43-58(99-100-101)40-92-84(119)54-16-14-53(15-17-54)69(109)26-32-135(125,126)62-22-10-49(2)11-23-62/h10-25,36,38,43,50-51,56-57,60,66-67,72,75,79-83,90,104-105,107,112,116-118H,7-9,26-35,37,39-42,44-48H2,1-6H3,(H8-,91,92,93,94,95,96,97,98,99,100,106,109,113,114,115,119,120,121,122)/p+1/t50-,51-,56+,57-,60+,66-,67-,72-,75+,79-,80-,81-,82-,83+,90?,134?/m0/s1. The zero-order valence-corrected chi connectivity index (χ0v) is 77.9. The number of aromatic hydroxyl groups is 1. The summed E-state index contributed by atoms with van der Waals surface area (Å²) in [5.41, 5.74) is 2.48. The number of carbonyl (C=O) groups is 12. The van der Waals surface area contributed by atoms with Crippen LogP contribution in [0.3, 0.4) is 0 Å². The molecule has 16 atom stereocenters. The number of fused-ring (bicyclic) bond motifs is 5. The fourth-order valence-corrected chi connectivity index (χ4v) is 19.4. The van der Waals surface area contributed by atoms with Crippen molar-refractivity contribution >= 4 is 112 Å². The average molecular weight is 1950 g/mol. The molecule has 4 aliphatic rings. The molecule has 0 spiro atoms. The summed E-state index contributed by atoms with van der Waals surface area (Å²) in [7, 11) is -7.80. The first kappa shape index (κ1) is 105. The molecule has 43 nitrogen and oxygen atoms in total. The van der Waals surface area contributed by atoms with E-state index in [1.54, 1.807) is 46.3 Å². The molecule has 2 bridgehead atoms. The van der Waals surface area contributed by atoms with Crippen LogP contribution in [0.1, 0.15) is 126 Å². The number of ketones is 4. The number of Topliss-reactive ketones (excluding diaryl/α,β-unsaturated/α-hetero) is 4. The lowest BCUT2D eigenvalue weighted by Gasteiger charge is -2.39.